The Bertz CT molecular complexity index is 2350. The summed E-state index contributed by atoms with van der Waals surface area (Å²) >= 11 is 0. The molecule has 3 aromatic rings. The number of amides is 8. The van der Waals surface area contributed by atoms with Crippen molar-refractivity contribution in [3.63, 3.8) is 0 Å². The first-order valence-corrected chi connectivity index (χ1v) is 16.9. The summed E-state index contributed by atoms with van der Waals surface area (Å²) in [5.41, 5.74) is -1.63. The molecular formula is C37H21F7N4O8. The summed E-state index contributed by atoms with van der Waals surface area (Å²) in [5.74, 6) is -28.1. The molecule has 0 aromatic heterocycles. The summed E-state index contributed by atoms with van der Waals surface area (Å²) in [6.45, 7) is -2.70. The summed E-state index contributed by atoms with van der Waals surface area (Å²) in [6.07, 6.45) is -3.59. The molecule has 286 valence electrons. The van der Waals surface area contributed by atoms with Crippen LogP contribution in [0.4, 0.5) is 30.7 Å². The molecule has 3 aliphatic carbocycles. The van der Waals surface area contributed by atoms with Crippen molar-refractivity contribution >= 4 is 58.0 Å². The summed E-state index contributed by atoms with van der Waals surface area (Å²) in [7, 11) is 0. The number of hydrogen-bond acceptors (Lipinski definition) is 8. The minimum Gasteiger partial charge on any atom is -0.278 e. The van der Waals surface area contributed by atoms with Gasteiger partial charge in [0.15, 0.2) is 0 Å². The Morgan fingerprint density at radius 1 is 0.482 bits per heavy atom. The fraction of sp³-hybridized carbons (Fsp3) is 0.297. The van der Waals surface area contributed by atoms with Gasteiger partial charge in [-0.05, 0) is 29.8 Å². The molecule has 12 nitrogen and oxygen atoms in total. The number of hydrazine groups is 1. The number of hydrogen-bond donors (Lipinski definition) is 0. The van der Waals surface area contributed by atoms with E-state index in [0.29, 0.717) is 10.6 Å². The average Bonchev–Trinajstić information content (AvgIpc) is 3.57. The van der Waals surface area contributed by atoms with Crippen molar-refractivity contribution in [1.29, 1.82) is 0 Å². The topological polar surface area (TPSA) is 150 Å². The number of likely N-dealkylation sites (tertiary alicyclic amines) is 1. The lowest BCUT2D eigenvalue weighted by Crippen LogP contribution is -2.59. The van der Waals surface area contributed by atoms with Crippen LogP contribution in [0.5, 0.6) is 0 Å². The van der Waals surface area contributed by atoms with Gasteiger partial charge in [0, 0.05) is 33.7 Å². The van der Waals surface area contributed by atoms with Crippen molar-refractivity contribution in [3.05, 3.63) is 94.6 Å². The van der Waals surface area contributed by atoms with Crippen LogP contribution in [0.15, 0.2) is 66.7 Å². The van der Waals surface area contributed by atoms with Crippen molar-refractivity contribution in [2.45, 2.75) is 24.6 Å². The molecule has 0 spiro atoms. The minimum atomic E-state index is -6.74. The van der Waals surface area contributed by atoms with E-state index in [1.165, 1.54) is 0 Å². The fourth-order valence-electron chi connectivity index (χ4n) is 9.13. The Morgan fingerprint density at radius 2 is 0.893 bits per heavy atom. The highest BCUT2D eigenvalue weighted by molar-refractivity contribution is 6.34. The Hall–Kier alpha value is -6.27. The second-order valence-corrected chi connectivity index (χ2v) is 14.3. The number of benzene rings is 3. The third-order valence-electron chi connectivity index (χ3n) is 11.6. The lowest BCUT2D eigenvalue weighted by molar-refractivity contribution is -0.354. The largest absolute Gasteiger partial charge is 0.459 e. The highest BCUT2D eigenvalue weighted by Gasteiger charge is 2.74. The second kappa shape index (κ2) is 11.2. The number of alkyl halides is 7. The van der Waals surface area contributed by atoms with E-state index in [4.69, 9.17) is 0 Å². The number of allylic oxidation sites excluding steroid dienone is 2. The maximum absolute atomic E-state index is 14.4. The molecule has 3 fully saturated rings. The molecule has 3 aromatic carbocycles. The first kappa shape index (κ1) is 35.4. The number of rotatable bonds is 6. The molecule has 56 heavy (non-hydrogen) atoms. The van der Waals surface area contributed by atoms with Gasteiger partial charge < -0.3 is 0 Å². The van der Waals surface area contributed by atoms with Gasteiger partial charge in [0.25, 0.3) is 35.4 Å². The number of nitrogens with zero attached hydrogens (tertiary/aromatic N) is 4. The van der Waals surface area contributed by atoms with Gasteiger partial charge in [0.1, 0.15) is 0 Å². The van der Waals surface area contributed by atoms with E-state index in [0.717, 1.165) is 29.2 Å². The predicted molar refractivity (Wildman–Crippen MR) is 170 cm³/mol. The maximum Gasteiger partial charge on any atom is 0.459 e. The van der Waals surface area contributed by atoms with Crippen molar-refractivity contribution in [3.8, 4) is 0 Å². The third-order valence-corrected chi connectivity index (χ3v) is 11.6. The molecule has 6 atom stereocenters. The highest BCUT2D eigenvalue weighted by Crippen LogP contribution is 2.58. The van der Waals surface area contributed by atoms with Crippen LogP contribution < -0.4 is 0 Å². The van der Waals surface area contributed by atoms with Gasteiger partial charge in [0.05, 0.1) is 47.9 Å². The van der Waals surface area contributed by atoms with E-state index in [-0.39, 0.29) is 11.6 Å². The van der Waals surface area contributed by atoms with Gasteiger partial charge in [-0.15, -0.1) is 0 Å². The van der Waals surface area contributed by atoms with Crippen molar-refractivity contribution < 1.29 is 69.1 Å². The van der Waals surface area contributed by atoms with E-state index in [2.05, 4.69) is 0 Å². The zero-order valence-electron chi connectivity index (χ0n) is 27.9. The van der Waals surface area contributed by atoms with Gasteiger partial charge in [-0.2, -0.15) is 40.8 Å². The molecule has 2 saturated heterocycles. The Morgan fingerprint density at radius 3 is 1.32 bits per heavy atom. The zero-order valence-corrected chi connectivity index (χ0v) is 27.9. The van der Waals surface area contributed by atoms with E-state index in [9.17, 15) is 69.1 Å². The number of halogens is 7. The molecule has 7 aliphatic rings. The number of carbonyl (C=O) groups is 8. The van der Waals surface area contributed by atoms with Crippen LogP contribution in [0.2, 0.25) is 0 Å². The number of carbonyl (C=O) groups excluding carboxylic acids is 8. The molecule has 19 heteroatoms. The Kier molecular flexibility index (Phi) is 7.06. The monoisotopic (exact) mass is 782 g/mol. The van der Waals surface area contributed by atoms with Crippen LogP contribution in [0.1, 0.15) is 47.0 Å². The van der Waals surface area contributed by atoms with Crippen molar-refractivity contribution in [2.24, 2.45) is 35.5 Å². The smallest absolute Gasteiger partial charge is 0.278 e. The molecule has 8 amide bonds. The Labute approximate surface area is 308 Å². The van der Waals surface area contributed by atoms with Crippen LogP contribution >= 0.6 is 0 Å². The van der Waals surface area contributed by atoms with Gasteiger partial charge in [-0.3, -0.25) is 48.2 Å². The van der Waals surface area contributed by atoms with Crippen LogP contribution in [-0.4, -0.2) is 91.6 Å². The van der Waals surface area contributed by atoms with Crippen molar-refractivity contribution in [2.75, 3.05) is 6.54 Å². The van der Waals surface area contributed by atoms with Crippen LogP contribution in [0.3, 0.4) is 0 Å². The average molecular weight is 783 g/mol. The predicted octanol–water partition coefficient (Wildman–Crippen LogP) is 4.00. The number of imide groups is 4. The van der Waals surface area contributed by atoms with Crippen molar-refractivity contribution in [1.82, 2.24) is 19.8 Å². The van der Waals surface area contributed by atoms with Gasteiger partial charge >= 0.3 is 18.0 Å². The van der Waals surface area contributed by atoms with Crippen LogP contribution in [0.25, 0.3) is 10.8 Å². The second-order valence-electron chi connectivity index (χ2n) is 14.3. The first-order valence-electron chi connectivity index (χ1n) is 16.9. The summed E-state index contributed by atoms with van der Waals surface area (Å²) in [5, 5.41) is -0.254. The molecular weight excluding hydrogens is 761 g/mol. The quantitative estimate of drug-likeness (QED) is 0.207. The standard InChI is InChI=1S/C37H21F7N4O8/c38-35(39,36(40,41)37(42,43)44)13-46-27(49)17-8-10-19-22-20(11-9-18(21(17)22)28(46)50)30(52)47(29(19)51)48-33(55)25-15-6-7-16(26(25)34(48)56)24-23(15)31(53)45(32(24)54)12-14-4-2-1-3-5-14/h1-11,15-16,23-26H,12-13H2. The minimum absolute atomic E-state index is 0.0326. The van der Waals surface area contributed by atoms with E-state index < -0.39 is 145 Å². The molecule has 4 heterocycles. The van der Waals surface area contributed by atoms with Gasteiger partial charge in [0.2, 0.25) is 11.8 Å². The van der Waals surface area contributed by atoms with Crippen LogP contribution in [0, 0.1) is 35.5 Å². The summed E-state index contributed by atoms with van der Waals surface area (Å²) in [6, 6.07) is 12.1. The molecule has 0 radical (unpaired) electrons. The Balaban J connectivity index is 1.04. The lowest BCUT2D eigenvalue weighted by Gasteiger charge is -2.44. The lowest BCUT2D eigenvalue weighted by atomic mass is 9.54. The fourth-order valence-corrected chi connectivity index (χ4v) is 9.13. The zero-order chi connectivity index (χ0) is 40.1. The van der Waals surface area contributed by atoms with Crippen LogP contribution in [-0.2, 0) is 25.7 Å². The normalized spacial score (nSPS) is 27.1. The maximum atomic E-state index is 14.4. The molecule has 10 rings (SSSR count). The van der Waals surface area contributed by atoms with Gasteiger partial charge in [-0.1, -0.05) is 42.5 Å². The van der Waals surface area contributed by atoms with E-state index in [1.54, 1.807) is 42.5 Å². The molecule has 0 N–H and O–H groups in total. The molecule has 1 saturated carbocycles. The first-order chi connectivity index (χ1) is 26.3. The molecule has 6 unspecified atom stereocenters. The SMILES string of the molecule is O=C1c2ccc3c4c(ccc(c24)C(=O)N1CC(F)(F)C(F)(F)C(F)(F)F)C(=O)N(N1C(=O)C2C4C=CC(C5C(=O)N(Cc6ccccc6)C(=O)C45)C2C1=O)C3=O. The van der Waals surface area contributed by atoms with E-state index >= 15 is 0 Å². The van der Waals surface area contributed by atoms with E-state index in [1.807, 2.05) is 0 Å². The molecule has 2 bridgehead atoms. The summed E-state index contributed by atoms with van der Waals surface area (Å²) < 4.78 is 94.8. The third kappa shape index (κ3) is 4.30. The highest BCUT2D eigenvalue weighted by atomic mass is 19.4. The van der Waals surface area contributed by atoms with Gasteiger partial charge in [-0.25, -0.2) is 0 Å². The summed E-state index contributed by atoms with van der Waals surface area (Å²) in [4.78, 5) is 111. The molecule has 4 aliphatic heterocycles.